The molecule has 0 aliphatic rings. The smallest absolute Gasteiger partial charge is 0.322 e. The third kappa shape index (κ3) is 3.15. The van der Waals surface area contributed by atoms with Crippen LogP contribution < -0.4 is 4.72 Å². The summed E-state index contributed by atoms with van der Waals surface area (Å²) >= 11 is 2.94. The number of halogens is 1. The average Bonchev–Trinajstić information content (AvgIpc) is 2.58. The van der Waals surface area contributed by atoms with Crippen LogP contribution in [0.5, 0.6) is 0 Å². The molecule has 2 N–H and O–H groups in total. The first kappa shape index (κ1) is 14.8. The molecule has 100 valence electrons. The summed E-state index contributed by atoms with van der Waals surface area (Å²) in [5.74, 6) is -1.29. The molecule has 1 aromatic heterocycles. The Morgan fingerprint density at radius 3 is 2.72 bits per heavy atom. The molecule has 0 bridgehead atoms. The standard InChI is InChI=1S/C8H11BrN4O4S/c1-3-4-5(8(14)15)11-18(16,17)7-6(9)10-12-13(7)2/h3,5,11H,1,4H2,2H3,(H,14,15). The zero-order chi connectivity index (χ0) is 13.9. The van der Waals surface area contributed by atoms with E-state index < -0.39 is 22.0 Å². The average molecular weight is 339 g/mol. The summed E-state index contributed by atoms with van der Waals surface area (Å²) in [5.41, 5.74) is 0. The van der Waals surface area contributed by atoms with E-state index in [9.17, 15) is 13.2 Å². The van der Waals surface area contributed by atoms with Crippen molar-refractivity contribution in [2.75, 3.05) is 0 Å². The molecule has 1 unspecified atom stereocenters. The highest BCUT2D eigenvalue weighted by atomic mass is 79.9. The minimum Gasteiger partial charge on any atom is -0.480 e. The van der Waals surface area contributed by atoms with E-state index >= 15 is 0 Å². The van der Waals surface area contributed by atoms with Gasteiger partial charge < -0.3 is 5.11 Å². The third-order valence-electron chi connectivity index (χ3n) is 1.99. The number of aliphatic carboxylic acids is 1. The summed E-state index contributed by atoms with van der Waals surface area (Å²) in [7, 11) is -2.65. The summed E-state index contributed by atoms with van der Waals surface area (Å²) in [5, 5.41) is 15.7. The van der Waals surface area contributed by atoms with Crippen molar-refractivity contribution in [1.29, 1.82) is 0 Å². The molecule has 0 aromatic carbocycles. The van der Waals surface area contributed by atoms with E-state index in [1.807, 2.05) is 4.72 Å². The largest absolute Gasteiger partial charge is 0.480 e. The van der Waals surface area contributed by atoms with Crippen molar-refractivity contribution in [1.82, 2.24) is 19.7 Å². The van der Waals surface area contributed by atoms with E-state index in [0.717, 1.165) is 4.68 Å². The lowest BCUT2D eigenvalue weighted by molar-refractivity contribution is -0.138. The Bertz CT molecular complexity index is 548. The quantitative estimate of drug-likeness (QED) is 0.699. The topological polar surface area (TPSA) is 114 Å². The predicted octanol–water partition coefficient (Wildman–Crippen LogP) is -0.115. The van der Waals surface area contributed by atoms with Crippen LogP contribution in [0.15, 0.2) is 22.3 Å². The van der Waals surface area contributed by atoms with E-state index in [1.165, 1.54) is 13.1 Å². The van der Waals surface area contributed by atoms with E-state index in [-0.39, 0.29) is 16.0 Å². The normalized spacial score (nSPS) is 13.2. The fourth-order valence-electron chi connectivity index (χ4n) is 1.22. The Morgan fingerprint density at radius 1 is 1.72 bits per heavy atom. The molecule has 10 heteroatoms. The summed E-state index contributed by atoms with van der Waals surface area (Å²) in [6, 6.07) is -1.28. The highest BCUT2D eigenvalue weighted by Crippen LogP contribution is 2.18. The molecule has 0 spiro atoms. The van der Waals surface area contributed by atoms with Gasteiger partial charge in [0.2, 0.25) is 5.03 Å². The second kappa shape index (κ2) is 5.59. The van der Waals surface area contributed by atoms with Crippen molar-refractivity contribution in [3.05, 3.63) is 17.3 Å². The molecular weight excluding hydrogens is 328 g/mol. The summed E-state index contributed by atoms with van der Waals surface area (Å²) in [6.45, 7) is 3.37. The van der Waals surface area contributed by atoms with E-state index in [1.54, 1.807) is 0 Å². The lowest BCUT2D eigenvalue weighted by Gasteiger charge is -2.12. The summed E-state index contributed by atoms with van der Waals surface area (Å²) in [6.07, 6.45) is 1.29. The lowest BCUT2D eigenvalue weighted by atomic mass is 10.2. The van der Waals surface area contributed by atoms with E-state index in [4.69, 9.17) is 5.11 Å². The monoisotopic (exact) mass is 338 g/mol. The Morgan fingerprint density at radius 2 is 2.33 bits per heavy atom. The molecule has 0 aliphatic carbocycles. The van der Waals surface area contributed by atoms with Crippen molar-refractivity contribution < 1.29 is 18.3 Å². The molecule has 0 amide bonds. The van der Waals surface area contributed by atoms with Gasteiger partial charge >= 0.3 is 5.97 Å². The van der Waals surface area contributed by atoms with Crippen LogP contribution in [0, 0.1) is 0 Å². The van der Waals surface area contributed by atoms with Crippen molar-refractivity contribution in [2.24, 2.45) is 7.05 Å². The highest BCUT2D eigenvalue weighted by molar-refractivity contribution is 9.10. The minimum absolute atomic E-state index is 0.0141. The maximum absolute atomic E-state index is 12.0. The molecule has 1 heterocycles. The van der Waals surface area contributed by atoms with Gasteiger partial charge in [-0.2, -0.15) is 4.72 Å². The maximum Gasteiger partial charge on any atom is 0.322 e. The minimum atomic E-state index is -4.03. The maximum atomic E-state index is 12.0. The van der Waals surface area contributed by atoms with E-state index in [2.05, 4.69) is 32.8 Å². The second-order valence-corrected chi connectivity index (χ2v) is 5.73. The molecular formula is C8H11BrN4O4S. The van der Waals surface area contributed by atoms with Crippen LogP contribution in [0.25, 0.3) is 0 Å². The van der Waals surface area contributed by atoms with Gasteiger partial charge in [-0.1, -0.05) is 11.3 Å². The number of carboxylic acid groups (broad SMARTS) is 1. The number of aromatic nitrogens is 3. The fourth-order valence-corrected chi connectivity index (χ4v) is 3.51. The zero-order valence-electron chi connectivity index (χ0n) is 9.37. The molecule has 1 rings (SSSR count). The van der Waals surface area contributed by atoms with Gasteiger partial charge in [0.25, 0.3) is 10.0 Å². The molecule has 1 aromatic rings. The van der Waals surface area contributed by atoms with E-state index in [0.29, 0.717) is 0 Å². The molecule has 8 nitrogen and oxygen atoms in total. The van der Waals surface area contributed by atoms with Crippen LogP contribution in [0.4, 0.5) is 0 Å². The Balaban J connectivity index is 3.08. The third-order valence-corrected chi connectivity index (χ3v) is 4.35. The van der Waals surface area contributed by atoms with Crippen LogP contribution in [-0.4, -0.2) is 40.5 Å². The zero-order valence-corrected chi connectivity index (χ0v) is 11.8. The molecule has 0 saturated carbocycles. The van der Waals surface area contributed by atoms with Crippen molar-refractivity contribution >= 4 is 31.9 Å². The van der Waals surface area contributed by atoms with Crippen LogP contribution in [0.3, 0.4) is 0 Å². The molecule has 0 aliphatic heterocycles. The number of nitrogens with one attached hydrogen (secondary N) is 1. The number of hydrogen-bond acceptors (Lipinski definition) is 5. The van der Waals surface area contributed by atoms with Crippen molar-refractivity contribution in [3.8, 4) is 0 Å². The van der Waals surface area contributed by atoms with Crippen molar-refractivity contribution in [3.63, 3.8) is 0 Å². The summed E-state index contributed by atoms with van der Waals surface area (Å²) < 4.78 is 27.1. The predicted molar refractivity (Wildman–Crippen MR) is 65.3 cm³/mol. The number of carbonyl (C=O) groups is 1. The SMILES string of the molecule is C=CCC(NS(=O)(=O)c1c(Br)nnn1C)C(=O)O. The van der Waals surface area contributed by atoms with Gasteiger partial charge in [-0.3, -0.25) is 4.79 Å². The number of sulfonamides is 1. The molecule has 0 saturated heterocycles. The number of hydrogen-bond donors (Lipinski definition) is 2. The number of nitrogens with zero attached hydrogens (tertiary/aromatic N) is 3. The summed E-state index contributed by atoms with van der Waals surface area (Å²) in [4.78, 5) is 10.9. The first-order valence-corrected chi connectivity index (χ1v) is 6.98. The molecule has 1 atom stereocenters. The Kier molecular flexibility index (Phi) is 4.59. The van der Waals surface area contributed by atoms with Gasteiger partial charge in [-0.15, -0.1) is 11.7 Å². The molecule has 18 heavy (non-hydrogen) atoms. The molecule has 0 fully saturated rings. The number of carboxylic acids is 1. The number of aryl methyl sites for hydroxylation is 1. The van der Waals surface area contributed by atoms with Crippen molar-refractivity contribution in [2.45, 2.75) is 17.5 Å². The second-order valence-electron chi connectivity index (χ2n) is 3.35. The van der Waals surface area contributed by atoms with Gasteiger partial charge in [-0.05, 0) is 22.4 Å². The number of rotatable bonds is 6. The van der Waals surface area contributed by atoms with Crippen LogP contribution in [0.1, 0.15) is 6.42 Å². The van der Waals surface area contributed by atoms with Gasteiger partial charge in [0.1, 0.15) is 6.04 Å². The lowest BCUT2D eigenvalue weighted by Crippen LogP contribution is -2.41. The van der Waals surface area contributed by atoms with Gasteiger partial charge in [0.15, 0.2) is 4.60 Å². The van der Waals surface area contributed by atoms with Gasteiger partial charge in [0, 0.05) is 7.05 Å². The highest BCUT2D eigenvalue weighted by Gasteiger charge is 2.29. The Labute approximate surface area is 112 Å². The van der Waals surface area contributed by atoms with Gasteiger partial charge in [0.05, 0.1) is 0 Å². The first-order valence-electron chi connectivity index (χ1n) is 4.70. The Hall–Kier alpha value is -1.26. The first-order chi connectivity index (χ1) is 8.29. The van der Waals surface area contributed by atoms with Crippen LogP contribution in [-0.2, 0) is 21.9 Å². The van der Waals surface area contributed by atoms with Crippen LogP contribution >= 0.6 is 15.9 Å². The van der Waals surface area contributed by atoms with Gasteiger partial charge in [-0.25, -0.2) is 13.1 Å². The van der Waals surface area contributed by atoms with Crippen LogP contribution in [0.2, 0.25) is 0 Å². The molecule has 0 radical (unpaired) electrons. The fraction of sp³-hybridized carbons (Fsp3) is 0.375.